The zero-order valence-corrected chi connectivity index (χ0v) is 14.7. The molecule has 0 fully saturated rings. The molecule has 0 saturated carbocycles. The molecule has 0 bridgehead atoms. The number of carbonyl (C=O) groups is 1. The maximum atomic E-state index is 12.3. The summed E-state index contributed by atoms with van der Waals surface area (Å²) in [5.41, 5.74) is 7.74. The lowest BCUT2D eigenvalue weighted by Gasteiger charge is -2.09. The molecule has 0 atom stereocenters. The van der Waals surface area contributed by atoms with Crippen molar-refractivity contribution in [1.82, 2.24) is 4.98 Å². The minimum Gasteiger partial charge on any atom is -0.491 e. The van der Waals surface area contributed by atoms with Crippen molar-refractivity contribution >= 4 is 39.4 Å². The molecule has 3 N–H and O–H groups in total. The summed E-state index contributed by atoms with van der Waals surface area (Å²) in [5.74, 6) is 0.360. The second-order valence-electron chi connectivity index (χ2n) is 5.07. The summed E-state index contributed by atoms with van der Waals surface area (Å²) in [7, 11) is 0. The summed E-state index contributed by atoms with van der Waals surface area (Å²) in [6.07, 6.45) is 0.901. The number of anilines is 2. The number of hydrogen-bond donors (Lipinski definition) is 2. The van der Waals surface area contributed by atoms with Crippen LogP contribution in [-0.2, 0) is 0 Å². The quantitative estimate of drug-likeness (QED) is 0.636. The van der Waals surface area contributed by atoms with Gasteiger partial charge in [-0.3, -0.25) is 10.1 Å². The Morgan fingerprint density at radius 3 is 2.92 bits per heavy atom. The van der Waals surface area contributed by atoms with Crippen LogP contribution < -0.4 is 15.8 Å². The normalized spacial score (nSPS) is 10.5. The molecule has 0 unspecified atom stereocenters. The van der Waals surface area contributed by atoms with E-state index in [4.69, 9.17) is 10.5 Å². The van der Waals surface area contributed by atoms with E-state index in [1.165, 1.54) is 11.3 Å². The standard InChI is InChI=1S/C17H17N3O2S2/c1-2-7-22-14-6-5-11(9-12(14)18)16(21)20-17-19-13(10-24-17)15-4-3-8-23-15/h3-6,8-10H,2,7,18H2,1H3,(H,19,20,21). The first-order chi connectivity index (χ1) is 11.7. The molecule has 2 aromatic heterocycles. The maximum Gasteiger partial charge on any atom is 0.257 e. The number of amides is 1. The van der Waals surface area contributed by atoms with Gasteiger partial charge in [-0.25, -0.2) is 4.98 Å². The van der Waals surface area contributed by atoms with Gasteiger partial charge in [-0.1, -0.05) is 13.0 Å². The minimum absolute atomic E-state index is 0.240. The number of ether oxygens (including phenoxy) is 1. The van der Waals surface area contributed by atoms with Gasteiger partial charge in [0.25, 0.3) is 5.91 Å². The van der Waals surface area contributed by atoms with Gasteiger partial charge in [0.05, 0.1) is 22.9 Å². The molecule has 3 rings (SSSR count). The molecule has 24 heavy (non-hydrogen) atoms. The molecule has 3 aromatic rings. The zero-order valence-electron chi connectivity index (χ0n) is 13.1. The van der Waals surface area contributed by atoms with Crippen molar-refractivity contribution in [2.45, 2.75) is 13.3 Å². The van der Waals surface area contributed by atoms with E-state index in [0.29, 0.717) is 28.7 Å². The molecule has 0 spiro atoms. The van der Waals surface area contributed by atoms with Crippen molar-refractivity contribution in [3.05, 3.63) is 46.7 Å². The van der Waals surface area contributed by atoms with Crippen LogP contribution >= 0.6 is 22.7 Å². The summed E-state index contributed by atoms with van der Waals surface area (Å²) >= 11 is 3.01. The lowest BCUT2D eigenvalue weighted by Crippen LogP contribution is -2.12. The molecule has 5 nitrogen and oxygen atoms in total. The first kappa shape index (κ1) is 16.5. The van der Waals surface area contributed by atoms with Crippen LogP contribution in [0.3, 0.4) is 0 Å². The molecule has 0 aliphatic heterocycles. The van der Waals surface area contributed by atoms with E-state index in [0.717, 1.165) is 17.0 Å². The van der Waals surface area contributed by atoms with Gasteiger partial charge < -0.3 is 10.5 Å². The molecule has 1 amide bonds. The number of nitrogens with zero attached hydrogens (tertiary/aromatic N) is 1. The number of nitrogens with two attached hydrogens (primary N) is 1. The number of carbonyl (C=O) groups excluding carboxylic acids is 1. The van der Waals surface area contributed by atoms with Crippen LogP contribution in [0, 0.1) is 0 Å². The van der Waals surface area contributed by atoms with Gasteiger partial charge in [0, 0.05) is 10.9 Å². The fourth-order valence-corrected chi connectivity index (χ4v) is 3.54. The monoisotopic (exact) mass is 359 g/mol. The van der Waals surface area contributed by atoms with Crippen LogP contribution in [0.1, 0.15) is 23.7 Å². The third-order valence-electron chi connectivity index (χ3n) is 3.23. The summed E-state index contributed by atoms with van der Waals surface area (Å²) < 4.78 is 5.52. The summed E-state index contributed by atoms with van der Waals surface area (Å²) in [6, 6.07) is 9.01. The van der Waals surface area contributed by atoms with Gasteiger partial charge in [0.1, 0.15) is 5.75 Å². The molecule has 7 heteroatoms. The molecule has 0 radical (unpaired) electrons. The van der Waals surface area contributed by atoms with Crippen molar-refractivity contribution in [3.8, 4) is 16.3 Å². The first-order valence-electron chi connectivity index (χ1n) is 7.50. The van der Waals surface area contributed by atoms with Gasteiger partial charge >= 0.3 is 0 Å². The number of thiophene rings is 1. The number of aromatic nitrogens is 1. The van der Waals surface area contributed by atoms with Crippen LogP contribution in [0.2, 0.25) is 0 Å². The zero-order chi connectivity index (χ0) is 16.9. The highest BCUT2D eigenvalue weighted by Crippen LogP contribution is 2.29. The second kappa shape index (κ2) is 7.46. The predicted molar refractivity (Wildman–Crippen MR) is 100 cm³/mol. The molecular formula is C17H17N3O2S2. The smallest absolute Gasteiger partial charge is 0.257 e. The van der Waals surface area contributed by atoms with Crippen molar-refractivity contribution in [1.29, 1.82) is 0 Å². The fourth-order valence-electron chi connectivity index (χ4n) is 2.07. The highest BCUT2D eigenvalue weighted by Gasteiger charge is 2.12. The van der Waals surface area contributed by atoms with Gasteiger partial charge in [0.15, 0.2) is 5.13 Å². The predicted octanol–water partition coefficient (Wildman–Crippen LogP) is 4.49. The SMILES string of the molecule is CCCOc1ccc(C(=O)Nc2nc(-c3cccs3)cs2)cc1N. The highest BCUT2D eigenvalue weighted by molar-refractivity contribution is 7.16. The summed E-state index contributed by atoms with van der Waals surface area (Å²) in [4.78, 5) is 17.9. The minimum atomic E-state index is -0.240. The van der Waals surface area contributed by atoms with Crippen LogP contribution in [0.4, 0.5) is 10.8 Å². The Morgan fingerprint density at radius 2 is 2.21 bits per heavy atom. The van der Waals surface area contributed by atoms with Crippen LogP contribution in [0.5, 0.6) is 5.75 Å². The van der Waals surface area contributed by atoms with E-state index < -0.39 is 0 Å². The van der Waals surface area contributed by atoms with Gasteiger partial charge in [-0.2, -0.15) is 0 Å². The van der Waals surface area contributed by atoms with E-state index in [-0.39, 0.29) is 5.91 Å². The number of benzene rings is 1. The third-order valence-corrected chi connectivity index (χ3v) is 4.88. The molecule has 0 aliphatic rings. The number of nitrogen functional groups attached to an aromatic ring is 1. The average Bonchev–Trinajstić information content (AvgIpc) is 3.24. The van der Waals surface area contributed by atoms with Crippen LogP contribution in [-0.4, -0.2) is 17.5 Å². The largest absolute Gasteiger partial charge is 0.491 e. The van der Waals surface area contributed by atoms with Gasteiger partial charge in [-0.15, -0.1) is 22.7 Å². The molecule has 124 valence electrons. The number of hydrogen-bond acceptors (Lipinski definition) is 6. The van der Waals surface area contributed by atoms with Crippen molar-refractivity contribution in [2.24, 2.45) is 0 Å². The Bertz CT molecular complexity index is 828. The molecule has 0 aliphatic carbocycles. The van der Waals surface area contributed by atoms with E-state index in [1.54, 1.807) is 29.5 Å². The maximum absolute atomic E-state index is 12.3. The van der Waals surface area contributed by atoms with Crippen LogP contribution in [0.25, 0.3) is 10.6 Å². The van der Waals surface area contributed by atoms with E-state index in [2.05, 4.69) is 10.3 Å². The lowest BCUT2D eigenvalue weighted by atomic mass is 10.2. The van der Waals surface area contributed by atoms with Crippen molar-refractivity contribution < 1.29 is 9.53 Å². The molecule has 2 heterocycles. The van der Waals surface area contributed by atoms with E-state index in [9.17, 15) is 4.79 Å². The topological polar surface area (TPSA) is 77.2 Å². The van der Waals surface area contributed by atoms with Crippen LogP contribution in [0.15, 0.2) is 41.1 Å². The molecule has 1 aromatic carbocycles. The molecular weight excluding hydrogens is 342 g/mol. The van der Waals surface area contributed by atoms with E-state index in [1.807, 2.05) is 29.8 Å². The average molecular weight is 359 g/mol. The van der Waals surface area contributed by atoms with E-state index >= 15 is 0 Å². The lowest BCUT2D eigenvalue weighted by molar-refractivity contribution is 0.102. The first-order valence-corrected chi connectivity index (χ1v) is 9.26. The molecule has 0 saturated heterocycles. The Balaban J connectivity index is 1.70. The summed E-state index contributed by atoms with van der Waals surface area (Å²) in [5, 5.41) is 7.30. The number of thiazole rings is 1. The van der Waals surface area contributed by atoms with Gasteiger partial charge in [0.2, 0.25) is 0 Å². The summed E-state index contributed by atoms with van der Waals surface area (Å²) in [6.45, 7) is 2.62. The third kappa shape index (κ3) is 3.74. The Labute approximate surface area is 148 Å². The number of rotatable bonds is 6. The highest BCUT2D eigenvalue weighted by atomic mass is 32.1. The Morgan fingerprint density at radius 1 is 1.33 bits per heavy atom. The number of nitrogens with one attached hydrogen (secondary N) is 1. The van der Waals surface area contributed by atoms with Gasteiger partial charge in [-0.05, 0) is 36.1 Å². The van der Waals surface area contributed by atoms with Crippen molar-refractivity contribution in [2.75, 3.05) is 17.7 Å². The van der Waals surface area contributed by atoms with Crippen molar-refractivity contribution in [3.63, 3.8) is 0 Å². The Kier molecular flexibility index (Phi) is 5.12. The second-order valence-corrected chi connectivity index (χ2v) is 6.88. The Hall–Kier alpha value is -2.38. The fraction of sp³-hybridized carbons (Fsp3) is 0.176.